The van der Waals surface area contributed by atoms with Gasteiger partial charge in [-0.15, -0.1) is 11.6 Å². The molecular weight excluding hydrogens is 267 g/mol. The highest BCUT2D eigenvalue weighted by molar-refractivity contribution is 9.09. The first-order valence-corrected chi connectivity index (χ1v) is 5.82. The summed E-state index contributed by atoms with van der Waals surface area (Å²) in [5.74, 6) is 0.667. The maximum atomic E-state index is 8.18. The highest BCUT2D eigenvalue weighted by Crippen LogP contribution is 1.90. The molecule has 0 aromatic heterocycles. The second-order valence-electron chi connectivity index (χ2n) is 2.24. The van der Waals surface area contributed by atoms with E-state index in [0.29, 0.717) is 12.5 Å². The Labute approximate surface area is 103 Å². The molecule has 92 valence electrons. The number of unbranched alkanes of at least 4 members (excludes halogenated alkanes) is 2. The third-order valence-corrected chi connectivity index (χ3v) is 1.91. The van der Waals surface area contributed by atoms with E-state index in [2.05, 4.69) is 15.9 Å². The summed E-state index contributed by atoms with van der Waals surface area (Å²) >= 11 is 8.51. The van der Waals surface area contributed by atoms with Crippen LogP contribution in [0.1, 0.15) is 40.5 Å². The van der Waals surface area contributed by atoms with Crippen molar-refractivity contribution in [1.29, 1.82) is 0 Å². The first-order valence-electron chi connectivity index (χ1n) is 4.17. The van der Waals surface area contributed by atoms with E-state index in [9.17, 15) is 0 Å². The van der Waals surface area contributed by atoms with Gasteiger partial charge in [0.25, 0.3) is 0 Å². The molecular formula is C10H26BrClO2. The molecule has 0 unspecified atom stereocenters. The first-order chi connectivity index (χ1) is 5.83. The maximum absolute atomic E-state index is 8.18. The zero-order valence-corrected chi connectivity index (χ0v) is 9.65. The van der Waals surface area contributed by atoms with Crippen molar-refractivity contribution in [3.8, 4) is 0 Å². The van der Waals surface area contributed by atoms with Gasteiger partial charge in [0.05, 0.1) is 0 Å². The molecule has 0 amide bonds. The minimum Gasteiger partial charge on any atom is -0.396 e. The van der Waals surface area contributed by atoms with Crippen LogP contribution in [-0.4, -0.2) is 34.6 Å². The van der Waals surface area contributed by atoms with Crippen LogP contribution in [0.25, 0.3) is 0 Å². The number of aliphatic hydroxyl groups is 2. The van der Waals surface area contributed by atoms with Gasteiger partial charge in [-0.3, -0.25) is 0 Å². The van der Waals surface area contributed by atoms with Crippen molar-refractivity contribution >= 4 is 27.5 Å². The molecule has 0 aliphatic carbocycles. The molecule has 0 atom stereocenters. The van der Waals surface area contributed by atoms with E-state index in [0.717, 1.165) is 31.0 Å². The van der Waals surface area contributed by atoms with E-state index >= 15 is 0 Å². The first kappa shape index (κ1) is 24.1. The lowest BCUT2D eigenvalue weighted by molar-refractivity contribution is 0.287. The van der Waals surface area contributed by atoms with Gasteiger partial charge in [0.2, 0.25) is 0 Å². The average Bonchev–Trinajstić information content (AvgIpc) is 2.12. The lowest BCUT2D eigenvalue weighted by atomic mass is 10.4. The molecule has 14 heavy (non-hydrogen) atoms. The molecule has 0 heterocycles. The Bertz CT molecular complexity index is 50.1. The highest BCUT2D eigenvalue weighted by Gasteiger charge is 1.78. The monoisotopic (exact) mass is 292 g/mol. The summed E-state index contributed by atoms with van der Waals surface area (Å²) in [6.07, 6.45) is 3.77. The average molecular weight is 294 g/mol. The van der Waals surface area contributed by atoms with E-state index in [4.69, 9.17) is 21.8 Å². The number of halogens is 2. The van der Waals surface area contributed by atoms with Gasteiger partial charge in [-0.1, -0.05) is 30.8 Å². The molecule has 0 rings (SSSR count). The van der Waals surface area contributed by atoms with Crippen LogP contribution in [0.5, 0.6) is 0 Å². The van der Waals surface area contributed by atoms with E-state index in [1.807, 2.05) is 0 Å². The summed E-state index contributed by atoms with van der Waals surface area (Å²) in [7, 11) is 0. The van der Waals surface area contributed by atoms with E-state index in [1.54, 1.807) is 0 Å². The van der Waals surface area contributed by atoms with E-state index in [1.165, 1.54) is 0 Å². The Morgan fingerprint density at radius 2 is 1.29 bits per heavy atom. The molecule has 2 N–H and O–H groups in total. The minimum absolute atomic E-state index is 0. The number of alkyl halides is 2. The molecule has 0 fully saturated rings. The standard InChI is InChI=1S/C4H9BrO.C4H9ClO.2CH4/c2*5-3-1-2-4-6;;/h2*6H,1-4H2;2*1H4. The van der Waals surface area contributed by atoms with Gasteiger partial charge in [0.1, 0.15) is 0 Å². The predicted molar refractivity (Wildman–Crippen MR) is 70.6 cm³/mol. The zero-order chi connectivity index (χ0) is 9.66. The molecule has 0 aromatic rings. The molecule has 0 saturated heterocycles. The Hall–Kier alpha value is 0.690. The molecule has 2 nitrogen and oxygen atoms in total. The zero-order valence-electron chi connectivity index (χ0n) is 7.31. The lowest BCUT2D eigenvalue weighted by Gasteiger charge is -1.84. The van der Waals surface area contributed by atoms with Gasteiger partial charge >= 0.3 is 0 Å². The van der Waals surface area contributed by atoms with Crippen molar-refractivity contribution in [1.82, 2.24) is 0 Å². The summed E-state index contributed by atoms with van der Waals surface area (Å²) in [5.41, 5.74) is 0. The summed E-state index contributed by atoms with van der Waals surface area (Å²) < 4.78 is 0. The van der Waals surface area contributed by atoms with Crippen LogP contribution < -0.4 is 0 Å². The van der Waals surface area contributed by atoms with Crippen LogP contribution in [0.4, 0.5) is 0 Å². The number of hydrogen-bond donors (Lipinski definition) is 2. The fourth-order valence-corrected chi connectivity index (χ4v) is 0.998. The molecule has 0 spiro atoms. The van der Waals surface area contributed by atoms with Crippen LogP contribution in [0.15, 0.2) is 0 Å². The fraction of sp³-hybridized carbons (Fsp3) is 1.00. The van der Waals surface area contributed by atoms with E-state index < -0.39 is 0 Å². The van der Waals surface area contributed by atoms with Gasteiger partial charge in [-0.05, 0) is 25.7 Å². The Morgan fingerprint density at radius 3 is 1.43 bits per heavy atom. The quantitative estimate of drug-likeness (QED) is 0.582. The van der Waals surface area contributed by atoms with E-state index in [-0.39, 0.29) is 21.5 Å². The number of hydrogen-bond acceptors (Lipinski definition) is 2. The number of rotatable bonds is 6. The summed E-state index contributed by atoms with van der Waals surface area (Å²) in [5, 5.41) is 17.3. The fourth-order valence-electron chi connectivity index (χ4n) is 0.413. The Kier molecular flexibility index (Phi) is 50.2. The normalized spacial score (nSPS) is 7.71. The van der Waals surface area contributed by atoms with Crippen LogP contribution in [-0.2, 0) is 0 Å². The van der Waals surface area contributed by atoms with Crippen molar-refractivity contribution in [2.75, 3.05) is 24.4 Å². The molecule has 4 heteroatoms. The summed E-state index contributed by atoms with van der Waals surface area (Å²) in [4.78, 5) is 0. The van der Waals surface area contributed by atoms with Crippen molar-refractivity contribution < 1.29 is 10.2 Å². The SMILES string of the molecule is C.C.OCCCCBr.OCCCCCl. The smallest absolute Gasteiger partial charge is 0.0431 e. The molecule has 0 aliphatic heterocycles. The topological polar surface area (TPSA) is 40.5 Å². The lowest BCUT2D eigenvalue weighted by Crippen LogP contribution is -1.81. The van der Waals surface area contributed by atoms with Crippen molar-refractivity contribution in [2.24, 2.45) is 0 Å². The van der Waals surface area contributed by atoms with Gasteiger partial charge < -0.3 is 10.2 Å². The molecule has 0 aromatic carbocycles. The summed E-state index contributed by atoms with van der Waals surface area (Å²) in [6, 6.07) is 0. The van der Waals surface area contributed by atoms with Crippen molar-refractivity contribution in [3.63, 3.8) is 0 Å². The van der Waals surface area contributed by atoms with Crippen LogP contribution in [0.2, 0.25) is 0 Å². The largest absolute Gasteiger partial charge is 0.396 e. The second kappa shape index (κ2) is 29.2. The van der Waals surface area contributed by atoms with Gasteiger partial charge in [0.15, 0.2) is 0 Å². The maximum Gasteiger partial charge on any atom is 0.0431 e. The third-order valence-electron chi connectivity index (χ3n) is 1.08. The molecule has 0 aliphatic rings. The molecule has 0 radical (unpaired) electrons. The van der Waals surface area contributed by atoms with Crippen molar-refractivity contribution in [3.05, 3.63) is 0 Å². The third kappa shape index (κ3) is 38.7. The predicted octanol–water partition coefficient (Wildman–Crippen LogP) is 3.42. The highest BCUT2D eigenvalue weighted by atomic mass is 79.9. The second-order valence-corrected chi connectivity index (χ2v) is 3.41. The van der Waals surface area contributed by atoms with Gasteiger partial charge in [-0.2, -0.15) is 0 Å². The Balaban J connectivity index is -0.0000000625. The Morgan fingerprint density at radius 1 is 0.857 bits per heavy atom. The minimum atomic E-state index is 0. The number of aliphatic hydroxyl groups excluding tert-OH is 2. The van der Waals surface area contributed by atoms with Crippen LogP contribution in [0, 0.1) is 0 Å². The van der Waals surface area contributed by atoms with Crippen LogP contribution in [0.3, 0.4) is 0 Å². The van der Waals surface area contributed by atoms with Crippen LogP contribution >= 0.6 is 27.5 Å². The summed E-state index contributed by atoms with van der Waals surface area (Å²) in [6.45, 7) is 0.596. The van der Waals surface area contributed by atoms with Gasteiger partial charge in [-0.25, -0.2) is 0 Å². The molecule has 0 saturated carbocycles. The van der Waals surface area contributed by atoms with Gasteiger partial charge in [0, 0.05) is 24.4 Å². The van der Waals surface area contributed by atoms with Crippen molar-refractivity contribution in [2.45, 2.75) is 40.5 Å². The molecule has 0 bridgehead atoms.